The van der Waals surface area contributed by atoms with Gasteiger partial charge in [-0.15, -0.1) is 0 Å². The van der Waals surface area contributed by atoms with Gasteiger partial charge in [0.15, 0.2) is 0 Å². The van der Waals surface area contributed by atoms with Crippen molar-refractivity contribution in [1.29, 1.82) is 0 Å². The molecule has 0 amide bonds. The van der Waals surface area contributed by atoms with Crippen LogP contribution in [-0.4, -0.2) is 16.2 Å². The average Bonchev–Trinajstić information content (AvgIpc) is 3.27. The normalized spacial score (nSPS) is 11.1. The summed E-state index contributed by atoms with van der Waals surface area (Å²) in [7, 11) is 0. The van der Waals surface area contributed by atoms with Crippen LogP contribution in [0.4, 0.5) is 0 Å². The Labute approximate surface area is 195 Å². The predicted octanol–water partition coefficient (Wildman–Crippen LogP) is 7.72. The van der Waals surface area contributed by atoms with E-state index in [-0.39, 0.29) is 0 Å². The van der Waals surface area contributed by atoms with Gasteiger partial charge in [-0.1, -0.05) is 55.8 Å². The number of ether oxygens (including phenoxy) is 1. The van der Waals surface area contributed by atoms with Gasteiger partial charge >= 0.3 is 0 Å². The maximum absolute atomic E-state index is 5.95. The summed E-state index contributed by atoms with van der Waals surface area (Å²) < 4.78 is 8.18. The molecule has 0 spiro atoms. The minimum Gasteiger partial charge on any atom is -0.493 e. The molecular formula is C28H29ClN2O. The first kappa shape index (κ1) is 22.2. The Hall–Kier alpha value is -3.04. The summed E-state index contributed by atoms with van der Waals surface area (Å²) in [4.78, 5) is 5.05. The van der Waals surface area contributed by atoms with Gasteiger partial charge < -0.3 is 9.30 Å². The maximum atomic E-state index is 5.95. The Bertz CT molecular complexity index is 1110. The molecule has 32 heavy (non-hydrogen) atoms. The summed E-state index contributed by atoms with van der Waals surface area (Å²) in [5.41, 5.74) is 4.45. The Morgan fingerprint density at radius 1 is 0.875 bits per heavy atom. The van der Waals surface area contributed by atoms with Crippen molar-refractivity contribution in [3.8, 4) is 22.7 Å². The number of halogens is 1. The molecule has 0 saturated heterocycles. The van der Waals surface area contributed by atoms with E-state index in [0.29, 0.717) is 12.5 Å². The van der Waals surface area contributed by atoms with Crippen LogP contribution in [-0.2, 0) is 6.42 Å². The van der Waals surface area contributed by atoms with E-state index in [4.69, 9.17) is 21.3 Å². The van der Waals surface area contributed by atoms with Crippen molar-refractivity contribution in [3.05, 3.63) is 101 Å². The third kappa shape index (κ3) is 5.23. The molecule has 4 rings (SSSR count). The second kappa shape index (κ2) is 10.5. The third-order valence-electron chi connectivity index (χ3n) is 5.84. The molecule has 1 heterocycles. The zero-order valence-corrected chi connectivity index (χ0v) is 19.4. The molecule has 164 valence electrons. The number of rotatable bonds is 9. The number of hydrogen-bond donors (Lipinski definition) is 0. The van der Waals surface area contributed by atoms with Crippen LogP contribution in [0, 0.1) is 0 Å². The first-order valence-electron chi connectivity index (χ1n) is 11.3. The number of aromatic nitrogens is 2. The largest absolute Gasteiger partial charge is 0.493 e. The second-order valence-corrected chi connectivity index (χ2v) is 8.39. The summed E-state index contributed by atoms with van der Waals surface area (Å²) in [6.45, 7) is 5.09. The zero-order valence-electron chi connectivity index (χ0n) is 18.7. The first-order chi connectivity index (χ1) is 15.7. The van der Waals surface area contributed by atoms with Gasteiger partial charge in [-0.05, 0) is 66.9 Å². The minimum absolute atomic E-state index is 0.430. The zero-order chi connectivity index (χ0) is 22.3. The number of nitrogens with zero attached hydrogens (tertiary/aromatic N) is 2. The van der Waals surface area contributed by atoms with E-state index in [1.807, 2.05) is 42.5 Å². The number of imidazole rings is 1. The molecule has 3 nitrogen and oxygen atoms in total. The molecule has 1 aromatic heterocycles. The molecule has 0 radical (unpaired) electrons. The Morgan fingerprint density at radius 2 is 1.56 bits per heavy atom. The van der Waals surface area contributed by atoms with Crippen molar-refractivity contribution in [2.75, 3.05) is 6.61 Å². The Kier molecular flexibility index (Phi) is 7.28. The lowest BCUT2D eigenvalue weighted by Gasteiger charge is -2.14. The molecule has 0 N–H and O–H groups in total. The quantitative estimate of drug-likeness (QED) is 0.264. The van der Waals surface area contributed by atoms with E-state index in [1.54, 1.807) is 0 Å². The van der Waals surface area contributed by atoms with Crippen LogP contribution in [0.1, 0.15) is 44.0 Å². The topological polar surface area (TPSA) is 27.1 Å². The summed E-state index contributed by atoms with van der Waals surface area (Å²) in [5, 5.41) is 0.757. The van der Waals surface area contributed by atoms with Gasteiger partial charge in [0.05, 0.1) is 12.3 Å². The van der Waals surface area contributed by atoms with E-state index in [1.165, 1.54) is 5.56 Å². The number of para-hydroxylation sites is 1. The Morgan fingerprint density at radius 3 is 2.22 bits per heavy atom. The number of benzene rings is 3. The van der Waals surface area contributed by atoms with Crippen LogP contribution in [0.2, 0.25) is 5.02 Å². The molecule has 0 saturated carbocycles. The highest BCUT2D eigenvalue weighted by molar-refractivity contribution is 6.30. The first-order valence-corrected chi connectivity index (χ1v) is 11.7. The van der Waals surface area contributed by atoms with E-state index >= 15 is 0 Å². The SMILES string of the molecule is CCC(CC)c1nc(-c2ccc(OCCc3ccc(Cl)cc3)cc2)cn1-c1ccccc1. The Balaban J connectivity index is 1.50. The lowest BCUT2D eigenvalue weighted by Crippen LogP contribution is -2.06. The number of hydrogen-bond acceptors (Lipinski definition) is 2. The molecule has 0 aliphatic heterocycles. The van der Waals surface area contributed by atoms with Gasteiger partial charge in [0.2, 0.25) is 0 Å². The highest BCUT2D eigenvalue weighted by atomic mass is 35.5. The van der Waals surface area contributed by atoms with Crippen LogP contribution < -0.4 is 4.74 Å². The van der Waals surface area contributed by atoms with Crippen LogP contribution in [0.3, 0.4) is 0 Å². The monoisotopic (exact) mass is 444 g/mol. The van der Waals surface area contributed by atoms with Gasteiger partial charge in [-0.3, -0.25) is 0 Å². The standard InChI is InChI=1S/C28H29ClN2O/c1-3-22(4-2)28-30-27(20-31(28)25-8-6-5-7-9-25)23-12-16-26(17-13-23)32-19-18-21-10-14-24(29)15-11-21/h5-17,20,22H,3-4,18-19H2,1-2H3. The molecule has 0 aliphatic carbocycles. The van der Waals surface area contributed by atoms with E-state index < -0.39 is 0 Å². The van der Waals surface area contributed by atoms with E-state index in [9.17, 15) is 0 Å². The van der Waals surface area contributed by atoms with Gasteiger partial charge in [0.25, 0.3) is 0 Å². The van der Waals surface area contributed by atoms with Crippen LogP contribution in [0.5, 0.6) is 5.75 Å². The fourth-order valence-electron chi connectivity index (χ4n) is 3.93. The predicted molar refractivity (Wildman–Crippen MR) is 133 cm³/mol. The van der Waals surface area contributed by atoms with Crippen molar-refractivity contribution >= 4 is 11.6 Å². The van der Waals surface area contributed by atoms with E-state index in [2.05, 4.69) is 61.0 Å². The lowest BCUT2D eigenvalue weighted by atomic mass is 10.0. The molecule has 4 heteroatoms. The molecule has 0 bridgehead atoms. The highest BCUT2D eigenvalue weighted by Crippen LogP contribution is 2.30. The fourth-order valence-corrected chi connectivity index (χ4v) is 4.06. The highest BCUT2D eigenvalue weighted by Gasteiger charge is 2.18. The van der Waals surface area contributed by atoms with Crippen molar-refractivity contribution in [3.63, 3.8) is 0 Å². The molecule has 3 aromatic carbocycles. The lowest BCUT2D eigenvalue weighted by molar-refractivity contribution is 0.322. The molecule has 0 unspecified atom stereocenters. The summed E-state index contributed by atoms with van der Waals surface area (Å²) in [6, 6.07) is 26.6. The van der Waals surface area contributed by atoms with Gasteiger partial charge in [-0.2, -0.15) is 0 Å². The van der Waals surface area contributed by atoms with Crippen LogP contribution in [0.15, 0.2) is 85.1 Å². The molecule has 0 aliphatic rings. The van der Waals surface area contributed by atoms with Crippen molar-refractivity contribution in [1.82, 2.24) is 9.55 Å². The molecule has 4 aromatic rings. The van der Waals surface area contributed by atoms with Crippen molar-refractivity contribution < 1.29 is 4.74 Å². The van der Waals surface area contributed by atoms with Crippen molar-refractivity contribution in [2.24, 2.45) is 0 Å². The van der Waals surface area contributed by atoms with Crippen LogP contribution in [0.25, 0.3) is 16.9 Å². The third-order valence-corrected chi connectivity index (χ3v) is 6.09. The fraction of sp³-hybridized carbons (Fsp3) is 0.250. The smallest absolute Gasteiger partial charge is 0.119 e. The maximum Gasteiger partial charge on any atom is 0.119 e. The molecule has 0 atom stereocenters. The average molecular weight is 445 g/mol. The molecule has 0 fully saturated rings. The summed E-state index contributed by atoms with van der Waals surface area (Å²) in [5.74, 6) is 2.42. The molecular weight excluding hydrogens is 416 g/mol. The van der Waals surface area contributed by atoms with Gasteiger partial charge in [-0.25, -0.2) is 4.98 Å². The van der Waals surface area contributed by atoms with Crippen LogP contribution >= 0.6 is 11.6 Å². The van der Waals surface area contributed by atoms with E-state index in [0.717, 1.165) is 52.8 Å². The minimum atomic E-state index is 0.430. The summed E-state index contributed by atoms with van der Waals surface area (Å²) >= 11 is 5.95. The van der Waals surface area contributed by atoms with Crippen molar-refractivity contribution in [2.45, 2.75) is 39.0 Å². The summed E-state index contributed by atoms with van der Waals surface area (Å²) in [6.07, 6.45) is 5.14. The van der Waals surface area contributed by atoms with Gasteiger partial charge in [0, 0.05) is 34.8 Å². The second-order valence-electron chi connectivity index (χ2n) is 7.95. The van der Waals surface area contributed by atoms with Gasteiger partial charge in [0.1, 0.15) is 11.6 Å².